The Morgan fingerprint density at radius 3 is 2.76 bits per heavy atom. The van der Waals surface area contributed by atoms with Crippen molar-refractivity contribution in [3.05, 3.63) is 29.8 Å². The molecular formula is C12H17NO3S. The van der Waals surface area contributed by atoms with Gasteiger partial charge in [-0.25, -0.2) is 8.42 Å². The highest BCUT2D eigenvalue weighted by molar-refractivity contribution is 7.92. The Kier molecular flexibility index (Phi) is 3.40. The van der Waals surface area contributed by atoms with Crippen LogP contribution in [0.3, 0.4) is 0 Å². The molecule has 1 fully saturated rings. The van der Waals surface area contributed by atoms with Gasteiger partial charge in [-0.05, 0) is 31.0 Å². The van der Waals surface area contributed by atoms with Crippen LogP contribution in [0.5, 0.6) is 5.75 Å². The summed E-state index contributed by atoms with van der Waals surface area (Å²) in [5, 5.41) is 0. The van der Waals surface area contributed by atoms with Crippen LogP contribution in [0.2, 0.25) is 0 Å². The van der Waals surface area contributed by atoms with Gasteiger partial charge in [0.05, 0.1) is 11.5 Å². The molecule has 1 aliphatic heterocycles. The van der Waals surface area contributed by atoms with Gasteiger partial charge < -0.3 is 10.5 Å². The van der Waals surface area contributed by atoms with Crippen LogP contribution >= 0.6 is 0 Å². The first-order chi connectivity index (χ1) is 7.94. The summed E-state index contributed by atoms with van der Waals surface area (Å²) in [5.74, 6) is 0.984. The molecule has 1 atom stereocenters. The van der Waals surface area contributed by atoms with Gasteiger partial charge >= 0.3 is 0 Å². The number of ether oxygens (including phenoxy) is 1. The molecule has 1 heterocycles. The molecule has 0 amide bonds. The van der Waals surface area contributed by atoms with E-state index in [1.807, 2.05) is 31.2 Å². The van der Waals surface area contributed by atoms with Crippen LogP contribution < -0.4 is 10.5 Å². The van der Waals surface area contributed by atoms with Gasteiger partial charge in [0, 0.05) is 6.04 Å². The summed E-state index contributed by atoms with van der Waals surface area (Å²) in [6.07, 6.45) is 0.603. The summed E-state index contributed by atoms with van der Waals surface area (Å²) < 4.78 is 27.6. The quantitative estimate of drug-likeness (QED) is 0.862. The van der Waals surface area contributed by atoms with Crippen molar-refractivity contribution in [2.24, 2.45) is 5.73 Å². The molecule has 2 rings (SSSR count). The normalized spacial score (nSPS) is 20.6. The topological polar surface area (TPSA) is 69.4 Å². The van der Waals surface area contributed by atoms with Gasteiger partial charge in [0.1, 0.15) is 11.9 Å². The molecule has 0 aromatic heterocycles. The molecule has 1 unspecified atom stereocenters. The number of hydrogen-bond donors (Lipinski definition) is 1. The standard InChI is InChI=1S/C12H17NO3S/c1-9(13)5-10-3-2-4-11(6-10)16-12-7-17(14,15)8-12/h2-4,6,9,12H,5,7-8,13H2,1H3. The zero-order chi connectivity index (χ0) is 12.5. The molecule has 0 radical (unpaired) electrons. The van der Waals surface area contributed by atoms with Crippen LogP contribution in [0.1, 0.15) is 12.5 Å². The van der Waals surface area contributed by atoms with E-state index >= 15 is 0 Å². The smallest absolute Gasteiger partial charge is 0.157 e. The highest BCUT2D eigenvalue weighted by atomic mass is 32.2. The number of hydrogen-bond acceptors (Lipinski definition) is 4. The summed E-state index contributed by atoms with van der Waals surface area (Å²) in [7, 11) is -2.82. The Labute approximate surface area is 102 Å². The summed E-state index contributed by atoms with van der Waals surface area (Å²) in [4.78, 5) is 0. The van der Waals surface area contributed by atoms with Crippen molar-refractivity contribution in [2.75, 3.05) is 11.5 Å². The Morgan fingerprint density at radius 1 is 1.47 bits per heavy atom. The third kappa shape index (κ3) is 3.44. The predicted molar refractivity (Wildman–Crippen MR) is 66.9 cm³/mol. The molecule has 0 bridgehead atoms. The zero-order valence-corrected chi connectivity index (χ0v) is 10.6. The van der Waals surface area contributed by atoms with Crippen molar-refractivity contribution < 1.29 is 13.2 Å². The van der Waals surface area contributed by atoms with Gasteiger partial charge in [-0.15, -0.1) is 0 Å². The minimum absolute atomic E-state index is 0.106. The van der Waals surface area contributed by atoms with Gasteiger partial charge in [-0.2, -0.15) is 0 Å². The van der Waals surface area contributed by atoms with Gasteiger partial charge in [-0.1, -0.05) is 12.1 Å². The van der Waals surface area contributed by atoms with E-state index in [4.69, 9.17) is 10.5 Å². The second-order valence-electron chi connectivity index (χ2n) is 4.65. The Hall–Kier alpha value is -1.07. The van der Waals surface area contributed by atoms with Crippen molar-refractivity contribution in [3.63, 3.8) is 0 Å². The lowest BCUT2D eigenvalue weighted by atomic mass is 10.1. The van der Waals surface area contributed by atoms with Crippen molar-refractivity contribution >= 4 is 9.84 Å². The molecule has 17 heavy (non-hydrogen) atoms. The summed E-state index contributed by atoms with van der Waals surface area (Å²) in [6.45, 7) is 1.95. The van der Waals surface area contributed by atoms with E-state index < -0.39 is 9.84 Å². The number of rotatable bonds is 4. The molecular weight excluding hydrogens is 238 g/mol. The number of sulfone groups is 1. The first-order valence-corrected chi connectivity index (χ1v) is 7.48. The minimum Gasteiger partial charge on any atom is -0.488 e. The van der Waals surface area contributed by atoms with Crippen LogP contribution in [-0.2, 0) is 16.3 Å². The maximum absolute atomic E-state index is 11.0. The van der Waals surface area contributed by atoms with Gasteiger partial charge in [-0.3, -0.25) is 0 Å². The van der Waals surface area contributed by atoms with Crippen LogP contribution in [0.25, 0.3) is 0 Å². The highest BCUT2D eigenvalue weighted by Gasteiger charge is 2.35. The van der Waals surface area contributed by atoms with Gasteiger partial charge in [0.2, 0.25) is 0 Å². The molecule has 1 saturated heterocycles. The van der Waals surface area contributed by atoms with Crippen molar-refractivity contribution in [2.45, 2.75) is 25.5 Å². The molecule has 4 nitrogen and oxygen atoms in total. The summed E-state index contributed by atoms with van der Waals surface area (Å²) in [6, 6.07) is 7.77. The number of benzene rings is 1. The van der Waals surface area contributed by atoms with E-state index in [-0.39, 0.29) is 23.7 Å². The molecule has 2 N–H and O–H groups in total. The maximum Gasteiger partial charge on any atom is 0.157 e. The van der Waals surface area contributed by atoms with E-state index in [9.17, 15) is 8.42 Å². The Balaban J connectivity index is 1.97. The second kappa shape index (κ2) is 4.66. The number of nitrogens with two attached hydrogens (primary N) is 1. The maximum atomic E-state index is 11.0. The first kappa shape index (κ1) is 12.4. The fraction of sp³-hybridized carbons (Fsp3) is 0.500. The lowest BCUT2D eigenvalue weighted by Crippen LogP contribution is -2.45. The fourth-order valence-electron chi connectivity index (χ4n) is 1.90. The van der Waals surface area contributed by atoms with Gasteiger partial charge in [0.25, 0.3) is 0 Å². The third-order valence-corrected chi connectivity index (χ3v) is 4.40. The first-order valence-electron chi connectivity index (χ1n) is 5.66. The van der Waals surface area contributed by atoms with Crippen molar-refractivity contribution in [1.29, 1.82) is 0 Å². The van der Waals surface area contributed by atoms with Crippen LogP contribution in [-0.4, -0.2) is 32.1 Å². The van der Waals surface area contributed by atoms with E-state index in [0.717, 1.165) is 17.7 Å². The Bertz CT molecular complexity index is 484. The van der Waals surface area contributed by atoms with Crippen molar-refractivity contribution in [3.8, 4) is 5.75 Å². The molecule has 5 heteroatoms. The van der Waals surface area contributed by atoms with Crippen LogP contribution in [0, 0.1) is 0 Å². The lowest BCUT2D eigenvalue weighted by Gasteiger charge is -2.26. The zero-order valence-electron chi connectivity index (χ0n) is 9.80. The van der Waals surface area contributed by atoms with Crippen LogP contribution in [0.4, 0.5) is 0 Å². The molecule has 0 saturated carbocycles. The second-order valence-corrected chi connectivity index (χ2v) is 6.80. The SMILES string of the molecule is CC(N)Cc1cccc(OC2CS(=O)(=O)C2)c1. The fourth-order valence-corrected chi connectivity index (χ4v) is 3.07. The molecule has 0 aliphatic carbocycles. The van der Waals surface area contributed by atoms with Crippen molar-refractivity contribution in [1.82, 2.24) is 0 Å². The molecule has 0 spiro atoms. The third-order valence-electron chi connectivity index (χ3n) is 2.64. The molecule has 1 aliphatic rings. The highest BCUT2D eigenvalue weighted by Crippen LogP contribution is 2.21. The van der Waals surface area contributed by atoms with E-state index in [1.54, 1.807) is 0 Å². The molecule has 94 valence electrons. The average Bonchev–Trinajstić information content (AvgIpc) is 2.14. The predicted octanol–water partition coefficient (Wildman–Crippen LogP) is 0.752. The summed E-state index contributed by atoms with van der Waals surface area (Å²) in [5.41, 5.74) is 6.84. The van der Waals surface area contributed by atoms with Crippen LogP contribution in [0.15, 0.2) is 24.3 Å². The van der Waals surface area contributed by atoms with E-state index in [0.29, 0.717) is 0 Å². The summed E-state index contributed by atoms with van der Waals surface area (Å²) >= 11 is 0. The Morgan fingerprint density at radius 2 is 2.18 bits per heavy atom. The minimum atomic E-state index is -2.82. The van der Waals surface area contributed by atoms with Gasteiger partial charge in [0.15, 0.2) is 9.84 Å². The van der Waals surface area contributed by atoms with E-state index in [2.05, 4.69) is 0 Å². The lowest BCUT2D eigenvalue weighted by molar-refractivity contribution is 0.230. The average molecular weight is 255 g/mol. The monoisotopic (exact) mass is 255 g/mol. The largest absolute Gasteiger partial charge is 0.488 e. The molecule has 1 aromatic carbocycles. The van der Waals surface area contributed by atoms with E-state index in [1.165, 1.54) is 0 Å². The molecule has 1 aromatic rings.